The van der Waals surface area contributed by atoms with E-state index in [1.54, 1.807) is 17.0 Å². The van der Waals surface area contributed by atoms with Crippen LogP contribution in [0.15, 0.2) is 76.1 Å². The maximum atomic E-state index is 13.6. The average Bonchev–Trinajstić information content (AvgIpc) is 3.31. The summed E-state index contributed by atoms with van der Waals surface area (Å²) in [6.45, 7) is 1.91. The third-order valence-electron chi connectivity index (χ3n) is 6.42. The first-order valence-electron chi connectivity index (χ1n) is 11.9. The Labute approximate surface area is 229 Å². The van der Waals surface area contributed by atoms with Gasteiger partial charge in [0.25, 0.3) is 5.91 Å². The fourth-order valence-electron chi connectivity index (χ4n) is 4.34. The van der Waals surface area contributed by atoms with Crippen LogP contribution in [0.25, 0.3) is 10.2 Å². The second kappa shape index (κ2) is 10.6. The van der Waals surface area contributed by atoms with Gasteiger partial charge in [0, 0.05) is 36.2 Å². The summed E-state index contributed by atoms with van der Waals surface area (Å²) >= 11 is 4.95. The summed E-state index contributed by atoms with van der Waals surface area (Å²) in [7, 11) is 0.235. The predicted octanol–water partition coefficient (Wildman–Crippen LogP) is 5.01. The van der Waals surface area contributed by atoms with Crippen LogP contribution in [0.1, 0.15) is 21.5 Å². The zero-order valence-electron chi connectivity index (χ0n) is 20.6. The number of carbonyl (C=O) groups is 1. The molecule has 0 saturated carbocycles. The normalized spacial score (nSPS) is 14.2. The Morgan fingerprint density at radius 1 is 1.03 bits per heavy atom. The number of carbonyl (C=O) groups excluding carboxylic acids is 1. The summed E-state index contributed by atoms with van der Waals surface area (Å²) in [4.78, 5) is 22.2. The van der Waals surface area contributed by atoms with Crippen molar-refractivity contribution in [3.05, 3.63) is 87.9 Å². The molecule has 0 atom stereocenters. The van der Waals surface area contributed by atoms with Gasteiger partial charge in [-0.25, -0.2) is 13.4 Å². The molecule has 0 saturated heterocycles. The largest absolute Gasteiger partial charge is 0.308 e. The molecule has 1 aliphatic rings. The fourth-order valence-corrected chi connectivity index (χ4v) is 7.30. The van der Waals surface area contributed by atoms with E-state index in [1.165, 1.54) is 33.3 Å². The number of anilines is 1. The molecule has 1 aliphatic heterocycles. The maximum Gasteiger partial charge on any atom is 0.260 e. The Kier molecular flexibility index (Phi) is 7.46. The smallest absolute Gasteiger partial charge is 0.260 e. The molecule has 5 rings (SSSR count). The summed E-state index contributed by atoms with van der Waals surface area (Å²) in [5, 5.41) is 0.614. The number of amides is 1. The van der Waals surface area contributed by atoms with E-state index in [4.69, 9.17) is 4.98 Å². The predicted molar refractivity (Wildman–Crippen MR) is 152 cm³/mol. The van der Waals surface area contributed by atoms with Gasteiger partial charge < -0.3 is 4.90 Å². The van der Waals surface area contributed by atoms with Crippen LogP contribution in [0.5, 0.6) is 0 Å². The molecule has 10 heteroatoms. The van der Waals surface area contributed by atoms with Crippen LogP contribution in [0.3, 0.4) is 0 Å². The Bertz CT molecular complexity index is 1550. The van der Waals surface area contributed by atoms with Gasteiger partial charge in [-0.2, -0.15) is 4.31 Å². The SMILES string of the molecule is CN(C)CCN(C(=O)c1ccc(S(=O)(=O)N2CCc3ccccc3C2)cc1)c1nc2ccc(Br)cc2s1. The lowest BCUT2D eigenvalue weighted by Gasteiger charge is -2.28. The molecular formula is C27H27BrN4O3S2. The molecule has 0 bridgehead atoms. The van der Waals surface area contributed by atoms with E-state index in [0.717, 1.165) is 20.3 Å². The van der Waals surface area contributed by atoms with E-state index in [9.17, 15) is 13.2 Å². The topological polar surface area (TPSA) is 73.8 Å². The van der Waals surface area contributed by atoms with E-state index < -0.39 is 10.0 Å². The van der Waals surface area contributed by atoms with Gasteiger partial charge in [-0.05, 0) is 74.1 Å². The van der Waals surface area contributed by atoms with Crippen molar-refractivity contribution in [1.29, 1.82) is 0 Å². The third-order valence-corrected chi connectivity index (χ3v) is 9.81. The number of fused-ring (bicyclic) bond motifs is 2. The molecule has 4 aromatic rings. The zero-order chi connectivity index (χ0) is 26.2. The van der Waals surface area contributed by atoms with Crippen LogP contribution in [0.4, 0.5) is 5.13 Å². The molecule has 1 aromatic heterocycles. The van der Waals surface area contributed by atoms with Gasteiger partial charge in [-0.1, -0.05) is 51.5 Å². The molecule has 37 heavy (non-hydrogen) atoms. The van der Waals surface area contributed by atoms with Crippen molar-refractivity contribution in [2.24, 2.45) is 0 Å². The number of aromatic nitrogens is 1. The van der Waals surface area contributed by atoms with Crippen molar-refractivity contribution < 1.29 is 13.2 Å². The lowest BCUT2D eigenvalue weighted by atomic mass is 10.0. The molecule has 7 nitrogen and oxygen atoms in total. The molecule has 1 amide bonds. The molecule has 192 valence electrons. The minimum Gasteiger partial charge on any atom is -0.308 e. The number of thiazole rings is 1. The quantitative estimate of drug-likeness (QED) is 0.299. The highest BCUT2D eigenvalue weighted by Crippen LogP contribution is 2.32. The number of nitrogens with zero attached hydrogens (tertiary/aromatic N) is 4. The third kappa shape index (κ3) is 5.49. The first-order chi connectivity index (χ1) is 17.7. The van der Waals surface area contributed by atoms with Crippen molar-refractivity contribution >= 4 is 58.5 Å². The van der Waals surface area contributed by atoms with E-state index in [0.29, 0.717) is 43.3 Å². The Hall–Kier alpha value is -2.63. The number of hydrogen-bond donors (Lipinski definition) is 0. The van der Waals surface area contributed by atoms with Crippen molar-refractivity contribution in [2.75, 3.05) is 38.6 Å². The van der Waals surface area contributed by atoms with Gasteiger partial charge in [-0.15, -0.1) is 0 Å². The van der Waals surface area contributed by atoms with E-state index in [1.807, 2.05) is 61.5 Å². The molecule has 0 N–H and O–H groups in total. The molecular weight excluding hydrogens is 572 g/mol. The minimum absolute atomic E-state index is 0.188. The lowest BCUT2D eigenvalue weighted by molar-refractivity contribution is 0.0985. The number of hydrogen-bond acceptors (Lipinski definition) is 6. The minimum atomic E-state index is -3.68. The van der Waals surface area contributed by atoms with Gasteiger partial charge in [0.1, 0.15) is 0 Å². The van der Waals surface area contributed by atoms with E-state index >= 15 is 0 Å². The molecule has 0 fully saturated rings. The maximum absolute atomic E-state index is 13.6. The Morgan fingerprint density at radius 3 is 2.49 bits per heavy atom. The molecule has 0 radical (unpaired) electrons. The van der Waals surface area contributed by atoms with E-state index in [-0.39, 0.29) is 10.8 Å². The van der Waals surface area contributed by atoms with Crippen LogP contribution in [-0.2, 0) is 23.0 Å². The number of benzene rings is 3. The van der Waals surface area contributed by atoms with Crippen LogP contribution < -0.4 is 4.90 Å². The van der Waals surface area contributed by atoms with Gasteiger partial charge in [-0.3, -0.25) is 9.69 Å². The molecule has 3 aromatic carbocycles. The van der Waals surface area contributed by atoms with Crippen molar-refractivity contribution in [3.8, 4) is 0 Å². The first-order valence-corrected chi connectivity index (χ1v) is 15.0. The van der Waals surface area contributed by atoms with Gasteiger partial charge in [0.05, 0.1) is 15.1 Å². The average molecular weight is 600 g/mol. The number of halogens is 1. The fraction of sp³-hybridized carbons (Fsp3) is 0.259. The zero-order valence-corrected chi connectivity index (χ0v) is 23.8. The van der Waals surface area contributed by atoms with Gasteiger partial charge >= 0.3 is 0 Å². The van der Waals surface area contributed by atoms with Gasteiger partial charge in [0.2, 0.25) is 10.0 Å². The summed E-state index contributed by atoms with van der Waals surface area (Å²) in [5.41, 5.74) is 3.47. The van der Waals surface area contributed by atoms with Crippen LogP contribution >= 0.6 is 27.3 Å². The highest BCUT2D eigenvalue weighted by molar-refractivity contribution is 9.10. The van der Waals surface area contributed by atoms with Crippen molar-refractivity contribution in [1.82, 2.24) is 14.2 Å². The Balaban J connectivity index is 1.40. The summed E-state index contributed by atoms with van der Waals surface area (Å²) in [6.07, 6.45) is 0.686. The van der Waals surface area contributed by atoms with Crippen LogP contribution in [0, 0.1) is 0 Å². The highest BCUT2D eigenvalue weighted by atomic mass is 79.9. The summed E-state index contributed by atoms with van der Waals surface area (Å²) < 4.78 is 30.1. The first kappa shape index (κ1) is 26.0. The highest BCUT2D eigenvalue weighted by Gasteiger charge is 2.29. The number of likely N-dealkylation sites (N-methyl/N-ethyl adjacent to an activating group) is 1. The second-order valence-electron chi connectivity index (χ2n) is 9.25. The second-order valence-corrected chi connectivity index (χ2v) is 13.1. The van der Waals surface area contributed by atoms with Crippen LogP contribution in [-0.4, -0.2) is 62.2 Å². The molecule has 0 aliphatic carbocycles. The monoisotopic (exact) mass is 598 g/mol. The molecule has 0 spiro atoms. The van der Waals surface area contributed by atoms with E-state index in [2.05, 4.69) is 15.9 Å². The van der Waals surface area contributed by atoms with Crippen molar-refractivity contribution in [2.45, 2.75) is 17.9 Å². The Morgan fingerprint density at radius 2 is 1.76 bits per heavy atom. The summed E-state index contributed by atoms with van der Waals surface area (Å²) in [5.74, 6) is -0.212. The molecule has 0 unspecified atom stereocenters. The van der Waals surface area contributed by atoms with Gasteiger partial charge in [0.15, 0.2) is 5.13 Å². The standard InChI is InChI=1S/C27H27BrN4O3S2/c1-30(2)15-16-32(27-29-24-12-9-22(28)17-25(24)36-27)26(33)20-7-10-23(11-8-20)37(34,35)31-14-13-19-5-3-4-6-21(19)18-31/h3-12,17H,13-16,18H2,1-2H3. The molecule has 2 heterocycles. The lowest BCUT2D eigenvalue weighted by Crippen LogP contribution is -2.37. The summed E-state index contributed by atoms with van der Waals surface area (Å²) in [6, 6.07) is 20.0. The number of sulfonamides is 1. The van der Waals surface area contributed by atoms with Crippen LogP contribution in [0.2, 0.25) is 0 Å². The number of rotatable bonds is 7. The van der Waals surface area contributed by atoms with Crippen molar-refractivity contribution in [3.63, 3.8) is 0 Å².